The summed E-state index contributed by atoms with van der Waals surface area (Å²) in [4.78, 5) is 13.5. The lowest BCUT2D eigenvalue weighted by Gasteiger charge is -2.32. The van der Waals surface area contributed by atoms with E-state index in [4.69, 9.17) is 21.4 Å². The highest BCUT2D eigenvalue weighted by Crippen LogP contribution is 2.45. The average Bonchev–Trinajstić information content (AvgIpc) is 3.51. The number of rotatable bonds is 7. The molecule has 2 fully saturated rings. The number of carboxylic acids is 1. The molecular weight excluding hydrogens is 412 g/mol. The van der Waals surface area contributed by atoms with Crippen molar-refractivity contribution < 1.29 is 23.4 Å². The van der Waals surface area contributed by atoms with E-state index in [0.29, 0.717) is 29.8 Å². The summed E-state index contributed by atoms with van der Waals surface area (Å²) < 4.78 is 33.6. The molecule has 1 saturated heterocycles. The van der Waals surface area contributed by atoms with Gasteiger partial charge >= 0.3 is 5.97 Å². The number of hydrogen-bond acceptors (Lipinski definition) is 3. The van der Waals surface area contributed by atoms with E-state index in [0.717, 1.165) is 49.9 Å². The Balaban J connectivity index is 1.33. The third-order valence-corrected chi connectivity index (χ3v) is 6.08. The number of hydrogen-bond donors (Lipinski definition) is 1. The first-order chi connectivity index (χ1) is 14.4. The number of piperidine rings is 1. The summed E-state index contributed by atoms with van der Waals surface area (Å²) in [5.41, 5.74) is 1.36. The van der Waals surface area contributed by atoms with Gasteiger partial charge in [0.15, 0.2) is 0 Å². The second kappa shape index (κ2) is 8.90. The summed E-state index contributed by atoms with van der Waals surface area (Å²) in [6.07, 6.45) is 3.81. The molecule has 0 amide bonds. The molecule has 160 valence electrons. The Hall–Kier alpha value is -2.18. The standard InChI is InChI=1S/C23H24ClF2NO3/c24-17-7-15(8-18(25)9-17)12-27-5-3-14(4-6-27)13-30-22-11-21(26)20(23(28)29)10-19(22)16-1-2-16/h7-11,14,16H,1-6,12-13H2,(H,28,29). The molecule has 2 aromatic carbocycles. The zero-order valence-corrected chi connectivity index (χ0v) is 17.3. The molecule has 1 saturated carbocycles. The molecule has 1 aliphatic heterocycles. The molecule has 0 bridgehead atoms. The van der Waals surface area contributed by atoms with Crippen LogP contribution in [0, 0.1) is 17.6 Å². The molecule has 1 N–H and O–H groups in total. The van der Waals surface area contributed by atoms with Gasteiger partial charge in [-0.2, -0.15) is 0 Å². The van der Waals surface area contributed by atoms with E-state index in [1.54, 1.807) is 6.07 Å². The van der Waals surface area contributed by atoms with Crippen LogP contribution in [0.5, 0.6) is 5.75 Å². The maximum atomic E-state index is 14.1. The normalized spacial score (nSPS) is 17.8. The second-order valence-corrected chi connectivity index (χ2v) is 8.69. The van der Waals surface area contributed by atoms with Gasteiger partial charge in [-0.1, -0.05) is 11.6 Å². The lowest BCUT2D eigenvalue weighted by Crippen LogP contribution is -2.35. The van der Waals surface area contributed by atoms with Crippen LogP contribution in [0.4, 0.5) is 8.78 Å². The number of likely N-dealkylation sites (tertiary alicyclic amines) is 1. The van der Waals surface area contributed by atoms with Crippen molar-refractivity contribution in [3.63, 3.8) is 0 Å². The van der Waals surface area contributed by atoms with E-state index in [1.807, 2.05) is 0 Å². The zero-order chi connectivity index (χ0) is 21.3. The summed E-state index contributed by atoms with van der Waals surface area (Å²) in [5, 5.41) is 9.57. The van der Waals surface area contributed by atoms with Gasteiger partial charge in [0.05, 0.1) is 12.2 Å². The molecule has 2 aromatic rings. The topological polar surface area (TPSA) is 49.8 Å². The van der Waals surface area contributed by atoms with Crippen LogP contribution in [-0.2, 0) is 6.54 Å². The molecule has 0 radical (unpaired) electrons. The Labute approximate surface area is 179 Å². The summed E-state index contributed by atoms with van der Waals surface area (Å²) >= 11 is 5.93. The Kier molecular flexibility index (Phi) is 6.25. The minimum absolute atomic E-state index is 0.263. The smallest absolute Gasteiger partial charge is 0.338 e. The Bertz CT molecular complexity index is 920. The van der Waals surface area contributed by atoms with Crippen LogP contribution in [0.15, 0.2) is 30.3 Å². The van der Waals surface area contributed by atoms with Gasteiger partial charge in [0.25, 0.3) is 0 Å². The molecule has 0 atom stereocenters. The molecule has 0 spiro atoms. The quantitative estimate of drug-likeness (QED) is 0.625. The lowest BCUT2D eigenvalue weighted by atomic mass is 9.97. The van der Waals surface area contributed by atoms with Gasteiger partial charge in [0.1, 0.15) is 17.4 Å². The van der Waals surface area contributed by atoms with Gasteiger partial charge in [-0.15, -0.1) is 0 Å². The third kappa shape index (κ3) is 5.10. The molecule has 30 heavy (non-hydrogen) atoms. The van der Waals surface area contributed by atoms with E-state index < -0.39 is 11.8 Å². The van der Waals surface area contributed by atoms with Gasteiger partial charge in [-0.25, -0.2) is 13.6 Å². The van der Waals surface area contributed by atoms with E-state index in [1.165, 1.54) is 24.3 Å². The zero-order valence-electron chi connectivity index (χ0n) is 16.5. The minimum atomic E-state index is -1.26. The van der Waals surface area contributed by atoms with Gasteiger partial charge in [-0.05, 0) is 86.0 Å². The highest BCUT2D eigenvalue weighted by Gasteiger charge is 2.30. The lowest BCUT2D eigenvalue weighted by molar-refractivity contribution is 0.0691. The molecular formula is C23H24ClF2NO3. The van der Waals surface area contributed by atoms with E-state index in [2.05, 4.69) is 4.90 Å². The van der Waals surface area contributed by atoms with Crippen molar-refractivity contribution in [1.82, 2.24) is 4.90 Å². The van der Waals surface area contributed by atoms with Crippen molar-refractivity contribution in [1.29, 1.82) is 0 Å². The third-order valence-electron chi connectivity index (χ3n) is 5.86. The maximum absolute atomic E-state index is 14.1. The second-order valence-electron chi connectivity index (χ2n) is 8.26. The molecule has 4 rings (SSSR count). The van der Waals surface area contributed by atoms with Crippen LogP contribution < -0.4 is 4.74 Å². The van der Waals surface area contributed by atoms with Crippen LogP contribution in [-0.4, -0.2) is 35.7 Å². The maximum Gasteiger partial charge on any atom is 0.338 e. The largest absolute Gasteiger partial charge is 0.493 e. The number of ether oxygens (including phenoxy) is 1. The van der Waals surface area contributed by atoms with Crippen LogP contribution in [0.1, 0.15) is 53.1 Å². The molecule has 0 aromatic heterocycles. The summed E-state index contributed by atoms with van der Waals surface area (Å²) in [7, 11) is 0. The molecule has 2 aliphatic rings. The molecule has 0 unspecified atom stereocenters. The van der Waals surface area contributed by atoms with Crippen molar-refractivity contribution in [2.75, 3.05) is 19.7 Å². The number of nitrogens with zero attached hydrogens (tertiary/aromatic N) is 1. The fourth-order valence-electron chi connectivity index (χ4n) is 4.05. The Morgan fingerprint density at radius 3 is 2.47 bits per heavy atom. The van der Waals surface area contributed by atoms with Gasteiger partial charge in [-0.3, -0.25) is 4.90 Å². The molecule has 1 aliphatic carbocycles. The SMILES string of the molecule is O=C(O)c1cc(C2CC2)c(OCC2CCN(Cc3cc(F)cc(Cl)c3)CC2)cc1F. The van der Waals surface area contributed by atoms with Crippen molar-refractivity contribution in [2.24, 2.45) is 5.92 Å². The monoisotopic (exact) mass is 435 g/mol. The predicted molar refractivity (Wildman–Crippen MR) is 110 cm³/mol. The molecule has 1 heterocycles. The van der Waals surface area contributed by atoms with E-state index in [-0.39, 0.29) is 17.3 Å². The summed E-state index contributed by atoms with van der Waals surface area (Å²) in [6, 6.07) is 7.25. The first-order valence-electron chi connectivity index (χ1n) is 10.3. The fraction of sp³-hybridized carbons (Fsp3) is 0.435. The first kappa shape index (κ1) is 21.1. The van der Waals surface area contributed by atoms with Crippen molar-refractivity contribution in [3.05, 3.63) is 63.7 Å². The van der Waals surface area contributed by atoms with Gasteiger partial charge in [0.2, 0.25) is 0 Å². The Morgan fingerprint density at radius 2 is 1.83 bits per heavy atom. The van der Waals surface area contributed by atoms with Crippen molar-refractivity contribution in [3.8, 4) is 5.75 Å². The van der Waals surface area contributed by atoms with Crippen LogP contribution >= 0.6 is 11.6 Å². The number of aromatic carboxylic acids is 1. The minimum Gasteiger partial charge on any atom is -0.493 e. The van der Waals surface area contributed by atoms with Crippen LogP contribution in [0.25, 0.3) is 0 Å². The number of benzene rings is 2. The fourth-order valence-corrected chi connectivity index (χ4v) is 4.30. The average molecular weight is 436 g/mol. The molecule has 7 heteroatoms. The summed E-state index contributed by atoms with van der Waals surface area (Å²) in [5.74, 6) is -1.27. The first-order valence-corrected chi connectivity index (χ1v) is 10.6. The summed E-state index contributed by atoms with van der Waals surface area (Å²) in [6.45, 7) is 2.86. The van der Waals surface area contributed by atoms with Crippen molar-refractivity contribution in [2.45, 2.75) is 38.1 Å². The highest BCUT2D eigenvalue weighted by atomic mass is 35.5. The number of halogens is 3. The predicted octanol–water partition coefficient (Wildman–Crippen LogP) is 5.48. The Morgan fingerprint density at radius 1 is 1.10 bits per heavy atom. The van der Waals surface area contributed by atoms with E-state index in [9.17, 15) is 13.6 Å². The number of carbonyl (C=O) groups is 1. The number of carboxylic acid groups (broad SMARTS) is 1. The van der Waals surface area contributed by atoms with Crippen LogP contribution in [0.2, 0.25) is 5.02 Å². The van der Waals surface area contributed by atoms with Gasteiger partial charge < -0.3 is 9.84 Å². The van der Waals surface area contributed by atoms with Crippen LogP contribution in [0.3, 0.4) is 0 Å². The molecule has 4 nitrogen and oxygen atoms in total. The van der Waals surface area contributed by atoms with Crippen molar-refractivity contribution >= 4 is 17.6 Å². The highest BCUT2D eigenvalue weighted by molar-refractivity contribution is 6.30. The van der Waals surface area contributed by atoms with Gasteiger partial charge in [0, 0.05) is 17.6 Å². The van der Waals surface area contributed by atoms with E-state index >= 15 is 0 Å².